The Hall–Kier alpha value is -1.51. The lowest BCUT2D eigenvalue weighted by molar-refractivity contribution is 1.08. The zero-order valence-corrected chi connectivity index (χ0v) is 9.91. The van der Waals surface area contributed by atoms with Gasteiger partial charge in [-0.3, -0.25) is 4.99 Å². The van der Waals surface area contributed by atoms with E-state index in [0.29, 0.717) is 12.5 Å². The first-order chi connectivity index (χ1) is 7.04. The molecule has 0 amide bonds. The topological polar surface area (TPSA) is 41.6 Å². The summed E-state index contributed by atoms with van der Waals surface area (Å²) in [5, 5.41) is 0. The molecular weight excluding hydrogens is 186 g/mol. The van der Waals surface area contributed by atoms with Gasteiger partial charge in [0, 0.05) is 19.3 Å². The van der Waals surface area contributed by atoms with Crippen molar-refractivity contribution in [2.24, 2.45) is 10.7 Å². The zero-order valence-electron chi connectivity index (χ0n) is 9.91. The first kappa shape index (κ1) is 11.6. The first-order valence-corrected chi connectivity index (χ1v) is 5.16. The lowest BCUT2D eigenvalue weighted by Crippen LogP contribution is -2.34. The van der Waals surface area contributed by atoms with E-state index in [9.17, 15) is 0 Å². The molecule has 0 heterocycles. The number of rotatable bonds is 2. The molecule has 0 aliphatic heterocycles. The van der Waals surface area contributed by atoms with E-state index in [-0.39, 0.29) is 0 Å². The minimum atomic E-state index is 0.558. The number of anilines is 1. The van der Waals surface area contributed by atoms with Crippen LogP contribution in [-0.4, -0.2) is 19.6 Å². The van der Waals surface area contributed by atoms with Crippen molar-refractivity contribution in [2.75, 3.05) is 18.5 Å². The van der Waals surface area contributed by atoms with Crippen molar-refractivity contribution >= 4 is 11.6 Å². The van der Waals surface area contributed by atoms with Gasteiger partial charge >= 0.3 is 0 Å². The second kappa shape index (κ2) is 4.82. The molecule has 2 N–H and O–H groups in total. The molecule has 15 heavy (non-hydrogen) atoms. The number of benzene rings is 1. The van der Waals surface area contributed by atoms with Crippen molar-refractivity contribution in [3.63, 3.8) is 0 Å². The maximum atomic E-state index is 5.84. The van der Waals surface area contributed by atoms with Crippen LogP contribution in [0.1, 0.15) is 18.1 Å². The maximum absolute atomic E-state index is 5.84. The quantitative estimate of drug-likeness (QED) is 0.593. The minimum absolute atomic E-state index is 0.558. The Labute approximate surface area is 91.6 Å². The Morgan fingerprint density at radius 3 is 2.27 bits per heavy atom. The van der Waals surface area contributed by atoms with E-state index in [1.54, 1.807) is 0 Å². The standard InChI is InChI=1S/C12H19N3/c1-5-14-12(13)15(4)11-7-9(2)6-10(3)8-11/h6-8H,5H2,1-4H3,(H2,13,14). The molecule has 1 aromatic carbocycles. The van der Waals surface area contributed by atoms with Gasteiger partial charge in [-0.15, -0.1) is 0 Å². The average Bonchev–Trinajstić information content (AvgIpc) is 2.15. The molecule has 0 unspecified atom stereocenters. The van der Waals surface area contributed by atoms with Gasteiger partial charge in [0.1, 0.15) is 0 Å². The van der Waals surface area contributed by atoms with Crippen molar-refractivity contribution in [2.45, 2.75) is 20.8 Å². The predicted molar refractivity (Wildman–Crippen MR) is 66.5 cm³/mol. The van der Waals surface area contributed by atoms with Gasteiger partial charge in [0.15, 0.2) is 5.96 Å². The number of hydrogen-bond donors (Lipinski definition) is 1. The van der Waals surface area contributed by atoms with Crippen molar-refractivity contribution in [1.82, 2.24) is 0 Å². The van der Waals surface area contributed by atoms with Gasteiger partial charge in [0.05, 0.1) is 0 Å². The van der Waals surface area contributed by atoms with Crippen LogP contribution in [0.3, 0.4) is 0 Å². The smallest absolute Gasteiger partial charge is 0.195 e. The van der Waals surface area contributed by atoms with E-state index in [4.69, 9.17) is 5.73 Å². The highest BCUT2D eigenvalue weighted by Gasteiger charge is 2.05. The summed E-state index contributed by atoms with van der Waals surface area (Å²) in [5.74, 6) is 0.558. The number of nitrogens with two attached hydrogens (primary N) is 1. The lowest BCUT2D eigenvalue weighted by atomic mass is 10.1. The fraction of sp³-hybridized carbons (Fsp3) is 0.417. The van der Waals surface area contributed by atoms with Crippen molar-refractivity contribution in [3.8, 4) is 0 Å². The summed E-state index contributed by atoms with van der Waals surface area (Å²) < 4.78 is 0. The molecule has 3 heteroatoms. The number of aryl methyl sites for hydroxylation is 2. The van der Waals surface area contributed by atoms with Gasteiger partial charge in [-0.25, -0.2) is 0 Å². The van der Waals surface area contributed by atoms with E-state index < -0.39 is 0 Å². The summed E-state index contributed by atoms with van der Waals surface area (Å²) in [7, 11) is 1.93. The zero-order chi connectivity index (χ0) is 11.4. The Bertz CT molecular complexity index is 349. The molecule has 0 saturated carbocycles. The third-order valence-corrected chi connectivity index (χ3v) is 2.26. The van der Waals surface area contributed by atoms with Crippen LogP contribution in [0, 0.1) is 13.8 Å². The molecule has 0 aliphatic carbocycles. The van der Waals surface area contributed by atoms with Gasteiger partial charge in [-0.05, 0) is 44.0 Å². The van der Waals surface area contributed by atoms with Gasteiger partial charge in [0.25, 0.3) is 0 Å². The Balaban J connectivity index is 3.00. The molecule has 0 radical (unpaired) electrons. The van der Waals surface area contributed by atoms with Crippen LogP contribution in [-0.2, 0) is 0 Å². The van der Waals surface area contributed by atoms with Crippen LogP contribution in [0.2, 0.25) is 0 Å². The number of hydrogen-bond acceptors (Lipinski definition) is 1. The van der Waals surface area contributed by atoms with Gasteiger partial charge in [0.2, 0.25) is 0 Å². The van der Waals surface area contributed by atoms with Crippen molar-refractivity contribution in [3.05, 3.63) is 29.3 Å². The van der Waals surface area contributed by atoms with E-state index in [1.807, 2.05) is 18.9 Å². The fourth-order valence-corrected chi connectivity index (χ4v) is 1.54. The monoisotopic (exact) mass is 205 g/mol. The molecule has 0 atom stereocenters. The van der Waals surface area contributed by atoms with Crippen molar-refractivity contribution in [1.29, 1.82) is 0 Å². The van der Waals surface area contributed by atoms with Crippen LogP contribution in [0.5, 0.6) is 0 Å². The number of guanidine groups is 1. The molecule has 0 saturated heterocycles. The van der Waals surface area contributed by atoms with Gasteiger partial charge in [-0.1, -0.05) is 6.07 Å². The van der Waals surface area contributed by atoms with Crippen LogP contribution >= 0.6 is 0 Å². The largest absolute Gasteiger partial charge is 0.370 e. The summed E-state index contributed by atoms with van der Waals surface area (Å²) in [6, 6.07) is 6.35. The molecule has 0 spiro atoms. The van der Waals surface area contributed by atoms with Gasteiger partial charge in [-0.2, -0.15) is 0 Å². The summed E-state index contributed by atoms with van der Waals surface area (Å²) in [4.78, 5) is 6.09. The van der Waals surface area contributed by atoms with E-state index in [2.05, 4.69) is 37.0 Å². The summed E-state index contributed by atoms with van der Waals surface area (Å²) in [5.41, 5.74) is 9.40. The highest BCUT2D eigenvalue weighted by Crippen LogP contribution is 2.17. The summed E-state index contributed by atoms with van der Waals surface area (Å²) >= 11 is 0. The molecule has 1 aromatic rings. The third-order valence-electron chi connectivity index (χ3n) is 2.26. The fourth-order valence-electron chi connectivity index (χ4n) is 1.54. The second-order valence-electron chi connectivity index (χ2n) is 3.74. The minimum Gasteiger partial charge on any atom is -0.370 e. The van der Waals surface area contributed by atoms with Crippen LogP contribution in [0.4, 0.5) is 5.69 Å². The number of aliphatic imine (C=N–C) groups is 1. The lowest BCUT2D eigenvalue weighted by Gasteiger charge is -2.19. The molecular formula is C12H19N3. The van der Waals surface area contributed by atoms with Gasteiger partial charge < -0.3 is 10.6 Å². The van der Waals surface area contributed by atoms with Crippen LogP contribution in [0.15, 0.2) is 23.2 Å². The Morgan fingerprint density at radius 2 is 1.80 bits per heavy atom. The van der Waals surface area contributed by atoms with E-state index in [0.717, 1.165) is 5.69 Å². The van der Waals surface area contributed by atoms with Crippen LogP contribution in [0.25, 0.3) is 0 Å². The number of nitrogens with zero attached hydrogens (tertiary/aromatic N) is 2. The highest BCUT2D eigenvalue weighted by molar-refractivity contribution is 5.94. The van der Waals surface area contributed by atoms with E-state index in [1.165, 1.54) is 11.1 Å². The SMILES string of the molecule is CCN=C(N)N(C)c1cc(C)cc(C)c1. The molecule has 0 aliphatic rings. The van der Waals surface area contributed by atoms with Crippen molar-refractivity contribution < 1.29 is 0 Å². The molecule has 82 valence electrons. The predicted octanol–water partition coefficient (Wildman–Crippen LogP) is 2.07. The summed E-state index contributed by atoms with van der Waals surface area (Å²) in [6.45, 7) is 6.85. The maximum Gasteiger partial charge on any atom is 0.195 e. The molecule has 1 rings (SSSR count). The van der Waals surface area contributed by atoms with Crippen LogP contribution < -0.4 is 10.6 Å². The summed E-state index contributed by atoms with van der Waals surface area (Å²) in [6.07, 6.45) is 0. The third kappa shape index (κ3) is 2.98. The molecule has 0 fully saturated rings. The molecule has 0 aromatic heterocycles. The molecule has 0 bridgehead atoms. The Kier molecular flexibility index (Phi) is 3.72. The second-order valence-corrected chi connectivity index (χ2v) is 3.74. The van der Waals surface area contributed by atoms with E-state index >= 15 is 0 Å². The molecule has 3 nitrogen and oxygen atoms in total. The average molecular weight is 205 g/mol. The normalized spacial score (nSPS) is 11.6. The highest BCUT2D eigenvalue weighted by atomic mass is 15.2. The first-order valence-electron chi connectivity index (χ1n) is 5.16. The Morgan fingerprint density at radius 1 is 1.27 bits per heavy atom.